The molecule has 0 aliphatic carbocycles. The predicted molar refractivity (Wildman–Crippen MR) is 72.4 cm³/mol. The molecule has 0 spiro atoms. The van der Waals surface area contributed by atoms with Crippen molar-refractivity contribution >= 4 is 29.5 Å². The molecular formula is C12H20N3O3S+. The number of hydrogen-bond acceptors (Lipinski definition) is 4. The summed E-state index contributed by atoms with van der Waals surface area (Å²) in [7, 11) is 3.57. The highest BCUT2D eigenvalue weighted by Crippen LogP contribution is 2.27. The molecular weight excluding hydrogens is 266 g/mol. The Hall–Kier alpha value is -1.08. The van der Waals surface area contributed by atoms with E-state index in [1.165, 1.54) is 23.7 Å². The van der Waals surface area contributed by atoms with Gasteiger partial charge in [-0.1, -0.05) is 0 Å². The van der Waals surface area contributed by atoms with Crippen LogP contribution in [0, 0.1) is 0 Å². The maximum absolute atomic E-state index is 12.2. The maximum atomic E-state index is 12.2. The van der Waals surface area contributed by atoms with Gasteiger partial charge in [0, 0.05) is 13.5 Å². The van der Waals surface area contributed by atoms with E-state index in [1.54, 1.807) is 0 Å². The molecule has 1 unspecified atom stereocenters. The first-order chi connectivity index (χ1) is 8.91. The first kappa shape index (κ1) is 14.3. The molecule has 1 N–H and O–H groups in total. The predicted octanol–water partition coefficient (Wildman–Crippen LogP) is -0.948. The lowest BCUT2D eigenvalue weighted by molar-refractivity contribution is -0.778. The van der Waals surface area contributed by atoms with Crippen molar-refractivity contribution in [2.45, 2.75) is 17.7 Å². The van der Waals surface area contributed by atoms with E-state index in [2.05, 4.69) is 5.32 Å². The van der Waals surface area contributed by atoms with Crippen LogP contribution in [0.2, 0.25) is 0 Å². The summed E-state index contributed by atoms with van der Waals surface area (Å²) in [5.41, 5.74) is 0. The first-order valence-electron chi connectivity index (χ1n) is 6.36. The smallest absolute Gasteiger partial charge is 0.248 e. The third-order valence-corrected chi connectivity index (χ3v) is 4.82. The second-order valence-electron chi connectivity index (χ2n) is 5.41. The van der Waals surface area contributed by atoms with Gasteiger partial charge < -0.3 is 9.80 Å². The Kier molecular flexibility index (Phi) is 3.87. The lowest BCUT2D eigenvalue weighted by Crippen LogP contribution is -2.54. The van der Waals surface area contributed by atoms with Crippen molar-refractivity contribution in [2.24, 2.45) is 0 Å². The van der Waals surface area contributed by atoms with Gasteiger partial charge >= 0.3 is 0 Å². The molecule has 7 heteroatoms. The Balaban J connectivity index is 2.20. The fourth-order valence-electron chi connectivity index (χ4n) is 2.35. The van der Waals surface area contributed by atoms with Gasteiger partial charge in [0.05, 0.1) is 12.3 Å². The third-order valence-electron chi connectivity index (χ3n) is 3.89. The van der Waals surface area contributed by atoms with E-state index in [0.29, 0.717) is 6.54 Å². The number of hydrogen-bond donors (Lipinski definition) is 1. The Morgan fingerprint density at radius 1 is 1.53 bits per heavy atom. The zero-order valence-corrected chi connectivity index (χ0v) is 12.3. The molecule has 0 radical (unpaired) electrons. The highest BCUT2D eigenvalue weighted by molar-refractivity contribution is 8.00. The zero-order valence-electron chi connectivity index (χ0n) is 11.5. The summed E-state index contributed by atoms with van der Waals surface area (Å²) in [6.07, 6.45) is 2.02. The van der Waals surface area contributed by atoms with Crippen molar-refractivity contribution < 1.29 is 18.9 Å². The lowest BCUT2D eigenvalue weighted by atomic mass is 10.2. The quantitative estimate of drug-likeness (QED) is 0.402. The number of imide groups is 1. The van der Waals surface area contributed by atoms with Crippen molar-refractivity contribution in [2.75, 3.05) is 40.0 Å². The first-order valence-corrected chi connectivity index (χ1v) is 7.64. The number of likely N-dealkylation sites (N-methyl/N-ethyl adjacent to an activating group) is 2. The van der Waals surface area contributed by atoms with Crippen LogP contribution in [0.5, 0.6) is 0 Å². The summed E-state index contributed by atoms with van der Waals surface area (Å²) in [6, 6.07) is -0.672. The second-order valence-corrected chi connectivity index (χ2v) is 6.45. The number of likely N-dealkylation sites (tertiary alicyclic amines) is 1. The van der Waals surface area contributed by atoms with Gasteiger partial charge in [-0.2, -0.15) is 11.8 Å². The molecule has 106 valence electrons. The van der Waals surface area contributed by atoms with Crippen LogP contribution in [0.15, 0.2) is 0 Å². The number of amides is 3. The van der Waals surface area contributed by atoms with Gasteiger partial charge in [-0.3, -0.25) is 19.3 Å². The fourth-order valence-corrected chi connectivity index (χ4v) is 2.98. The van der Waals surface area contributed by atoms with Crippen LogP contribution < -0.4 is 5.32 Å². The molecule has 0 saturated carbocycles. The SMILES string of the molecule is CNC(=O)[C@H](C[N+]1(C)CC1)N1C(=O)CC(SC)C1=O. The second kappa shape index (κ2) is 5.13. The van der Waals surface area contributed by atoms with Crippen molar-refractivity contribution in [1.29, 1.82) is 0 Å². The molecule has 3 amide bonds. The van der Waals surface area contributed by atoms with Crippen LogP contribution in [0.3, 0.4) is 0 Å². The molecule has 2 atom stereocenters. The van der Waals surface area contributed by atoms with E-state index >= 15 is 0 Å². The van der Waals surface area contributed by atoms with E-state index in [0.717, 1.165) is 17.6 Å². The lowest BCUT2D eigenvalue weighted by Gasteiger charge is -2.27. The Labute approximate surface area is 117 Å². The van der Waals surface area contributed by atoms with Gasteiger partial charge in [0.15, 0.2) is 6.04 Å². The summed E-state index contributed by atoms with van der Waals surface area (Å²) in [5.74, 6) is -0.708. The van der Waals surface area contributed by atoms with E-state index in [9.17, 15) is 14.4 Å². The summed E-state index contributed by atoms with van der Waals surface area (Å²) in [6.45, 7) is 2.50. The Morgan fingerprint density at radius 2 is 2.16 bits per heavy atom. The average Bonchev–Trinajstić information content (AvgIpc) is 3.04. The average molecular weight is 286 g/mol. The number of carbonyl (C=O) groups is 3. The van der Waals surface area contributed by atoms with Gasteiger partial charge in [-0.05, 0) is 6.26 Å². The normalized spacial score (nSPS) is 26.5. The number of nitrogens with one attached hydrogen (secondary N) is 1. The van der Waals surface area contributed by atoms with Crippen LogP contribution in [0.1, 0.15) is 6.42 Å². The summed E-state index contributed by atoms with van der Waals surface area (Å²) >= 11 is 1.37. The van der Waals surface area contributed by atoms with Crippen molar-refractivity contribution in [3.05, 3.63) is 0 Å². The van der Waals surface area contributed by atoms with Crippen LogP contribution in [0.4, 0.5) is 0 Å². The number of thioether (sulfide) groups is 1. The molecule has 0 bridgehead atoms. The number of rotatable bonds is 5. The molecule has 2 rings (SSSR count). The molecule has 2 aliphatic heterocycles. The minimum atomic E-state index is -0.672. The molecule has 0 aromatic heterocycles. The summed E-state index contributed by atoms with van der Waals surface area (Å²) in [5, 5.41) is 2.23. The number of nitrogens with zero attached hydrogens (tertiary/aromatic N) is 2. The van der Waals surface area contributed by atoms with Crippen molar-refractivity contribution in [3.8, 4) is 0 Å². The van der Waals surface area contributed by atoms with Gasteiger partial charge in [-0.25, -0.2) is 0 Å². The molecule has 0 aromatic rings. The van der Waals surface area contributed by atoms with Crippen LogP contribution in [-0.4, -0.2) is 78.4 Å². The van der Waals surface area contributed by atoms with Crippen molar-refractivity contribution in [3.63, 3.8) is 0 Å². The molecule has 2 heterocycles. The maximum Gasteiger partial charge on any atom is 0.248 e. The Bertz CT molecular complexity index is 422. The fraction of sp³-hybridized carbons (Fsp3) is 0.750. The molecule has 19 heavy (non-hydrogen) atoms. The van der Waals surface area contributed by atoms with E-state index < -0.39 is 6.04 Å². The third kappa shape index (κ3) is 2.76. The molecule has 0 aromatic carbocycles. The highest BCUT2D eigenvalue weighted by Gasteiger charge is 2.49. The Morgan fingerprint density at radius 3 is 2.58 bits per heavy atom. The van der Waals surface area contributed by atoms with Gasteiger partial charge in [0.25, 0.3) is 0 Å². The molecule has 6 nitrogen and oxygen atoms in total. The van der Waals surface area contributed by atoms with E-state index in [4.69, 9.17) is 0 Å². The number of quaternary nitrogens is 1. The highest BCUT2D eigenvalue weighted by atomic mass is 32.2. The largest absolute Gasteiger partial charge is 0.357 e. The van der Waals surface area contributed by atoms with Crippen molar-refractivity contribution in [1.82, 2.24) is 10.2 Å². The molecule has 2 aliphatic rings. The minimum absolute atomic E-state index is 0.206. The molecule has 2 fully saturated rings. The monoisotopic (exact) mass is 286 g/mol. The molecule has 2 saturated heterocycles. The van der Waals surface area contributed by atoms with E-state index in [1.807, 2.05) is 13.3 Å². The van der Waals surface area contributed by atoms with E-state index in [-0.39, 0.29) is 29.4 Å². The standard InChI is InChI=1S/C12H19N3O3S/c1-13-11(17)8(7-15(2)4-5-15)14-10(16)6-9(19-3)12(14)18/h8-9H,4-7H2,1-3H3/p+1/t8-,9?/m0/s1. The van der Waals surface area contributed by atoms with Gasteiger partial charge in [0.1, 0.15) is 19.6 Å². The van der Waals surface area contributed by atoms with Gasteiger partial charge in [-0.15, -0.1) is 0 Å². The minimum Gasteiger partial charge on any atom is -0.357 e. The summed E-state index contributed by atoms with van der Waals surface area (Å²) < 4.78 is 0.749. The zero-order chi connectivity index (χ0) is 14.2. The van der Waals surface area contributed by atoms with Gasteiger partial charge in [0.2, 0.25) is 17.7 Å². The number of carbonyl (C=O) groups excluding carboxylic acids is 3. The van der Waals surface area contributed by atoms with Crippen LogP contribution in [0.25, 0.3) is 0 Å². The topological polar surface area (TPSA) is 66.5 Å². The summed E-state index contributed by atoms with van der Waals surface area (Å²) in [4.78, 5) is 37.4. The van der Waals surface area contributed by atoms with Crippen LogP contribution >= 0.6 is 11.8 Å². The van der Waals surface area contributed by atoms with Crippen LogP contribution in [-0.2, 0) is 14.4 Å².